The minimum Gasteiger partial charge on any atom is -0.381 e. The highest BCUT2D eigenvalue weighted by Gasteiger charge is 2.18. The summed E-state index contributed by atoms with van der Waals surface area (Å²) >= 11 is 6.15. The lowest BCUT2D eigenvalue weighted by Gasteiger charge is -2.27. The highest BCUT2D eigenvalue weighted by molar-refractivity contribution is 6.35. The third-order valence-electron chi connectivity index (χ3n) is 3.18. The minimum absolute atomic E-state index is 0.617. The predicted octanol–water partition coefficient (Wildman–Crippen LogP) is 3.85. The summed E-state index contributed by atoms with van der Waals surface area (Å²) in [6.45, 7) is 0. The van der Waals surface area contributed by atoms with Crippen LogP contribution in [-0.2, 0) is 0 Å². The zero-order valence-corrected chi connectivity index (χ0v) is 9.67. The van der Waals surface area contributed by atoms with Gasteiger partial charge in [-0.3, -0.25) is 4.98 Å². The molecule has 1 N–H and O–H groups in total. The summed E-state index contributed by atoms with van der Waals surface area (Å²) in [5.74, 6) is 0. The molecule has 0 spiro atoms. The van der Waals surface area contributed by atoms with Gasteiger partial charge < -0.3 is 5.32 Å². The molecule has 1 aliphatic rings. The summed E-state index contributed by atoms with van der Waals surface area (Å²) in [6, 6.07) is 8.51. The van der Waals surface area contributed by atoms with E-state index in [1.165, 1.54) is 19.3 Å². The molecule has 0 unspecified atom stereocenters. The first-order chi connectivity index (χ1) is 7.84. The molecule has 3 heteroatoms. The molecule has 82 valence electrons. The average molecular weight is 233 g/mol. The van der Waals surface area contributed by atoms with Crippen LogP contribution in [0.1, 0.15) is 19.3 Å². The third-order valence-corrected chi connectivity index (χ3v) is 3.51. The van der Waals surface area contributed by atoms with Gasteiger partial charge in [0.1, 0.15) is 0 Å². The van der Waals surface area contributed by atoms with E-state index < -0.39 is 0 Å². The summed E-state index contributed by atoms with van der Waals surface area (Å²) in [6.07, 6.45) is 5.66. The molecule has 1 aromatic carbocycles. The molecule has 3 rings (SSSR count). The molecule has 0 saturated heterocycles. The Bertz CT molecular complexity index is 520. The highest BCUT2D eigenvalue weighted by Crippen LogP contribution is 2.31. The van der Waals surface area contributed by atoms with Gasteiger partial charge >= 0.3 is 0 Å². The van der Waals surface area contributed by atoms with Gasteiger partial charge in [0, 0.05) is 17.6 Å². The molecule has 1 saturated carbocycles. The van der Waals surface area contributed by atoms with E-state index in [4.69, 9.17) is 11.6 Å². The van der Waals surface area contributed by atoms with E-state index in [-0.39, 0.29) is 0 Å². The van der Waals surface area contributed by atoms with Crippen molar-refractivity contribution in [1.29, 1.82) is 0 Å². The van der Waals surface area contributed by atoms with Gasteiger partial charge in [0.2, 0.25) is 0 Å². The Labute approximate surface area is 99.6 Å². The maximum absolute atomic E-state index is 6.15. The summed E-state index contributed by atoms with van der Waals surface area (Å²) in [5.41, 5.74) is 2.08. The van der Waals surface area contributed by atoms with E-state index in [1.807, 2.05) is 30.5 Å². The highest BCUT2D eigenvalue weighted by atomic mass is 35.5. The van der Waals surface area contributed by atoms with Crippen molar-refractivity contribution in [3.8, 4) is 0 Å². The van der Waals surface area contributed by atoms with Crippen molar-refractivity contribution in [3.05, 3.63) is 35.5 Å². The van der Waals surface area contributed by atoms with E-state index in [0.29, 0.717) is 6.04 Å². The van der Waals surface area contributed by atoms with Crippen LogP contribution < -0.4 is 5.32 Å². The molecule has 1 aromatic heterocycles. The number of hydrogen-bond acceptors (Lipinski definition) is 2. The lowest BCUT2D eigenvalue weighted by atomic mass is 9.93. The number of rotatable bonds is 2. The number of benzene rings is 1. The Hall–Kier alpha value is -1.28. The molecular weight excluding hydrogens is 220 g/mol. The van der Waals surface area contributed by atoms with Crippen LogP contribution in [0.25, 0.3) is 10.9 Å². The lowest BCUT2D eigenvalue weighted by Crippen LogP contribution is -2.27. The second-order valence-corrected chi connectivity index (χ2v) is 4.67. The van der Waals surface area contributed by atoms with E-state index >= 15 is 0 Å². The summed E-state index contributed by atoms with van der Waals surface area (Å²) < 4.78 is 0. The second kappa shape index (κ2) is 3.95. The third kappa shape index (κ3) is 1.63. The van der Waals surface area contributed by atoms with Crippen LogP contribution >= 0.6 is 11.6 Å². The maximum atomic E-state index is 6.15. The standard InChI is InChI=1S/C13H13ClN2/c14-11-6-7-12(16-9-3-1-4-9)13-10(11)5-2-8-15-13/h2,5-9,16H,1,3-4H2. The Balaban J connectivity index is 2.06. The van der Waals surface area contributed by atoms with E-state index in [1.54, 1.807) is 0 Å². The molecule has 0 amide bonds. The minimum atomic E-state index is 0.617. The number of anilines is 1. The zero-order chi connectivity index (χ0) is 11.0. The first-order valence-corrected chi connectivity index (χ1v) is 6.02. The molecule has 2 nitrogen and oxygen atoms in total. The normalized spacial score (nSPS) is 16.1. The van der Waals surface area contributed by atoms with Crippen LogP contribution in [0.3, 0.4) is 0 Å². The van der Waals surface area contributed by atoms with Crippen molar-refractivity contribution in [2.75, 3.05) is 5.32 Å². The monoisotopic (exact) mass is 232 g/mol. The summed E-state index contributed by atoms with van der Waals surface area (Å²) in [7, 11) is 0. The predicted molar refractivity (Wildman–Crippen MR) is 68.0 cm³/mol. The maximum Gasteiger partial charge on any atom is 0.0948 e. The Morgan fingerprint density at radius 2 is 2.12 bits per heavy atom. The van der Waals surface area contributed by atoms with Crippen molar-refractivity contribution < 1.29 is 0 Å². The van der Waals surface area contributed by atoms with Crippen molar-refractivity contribution in [1.82, 2.24) is 4.98 Å². The van der Waals surface area contributed by atoms with Crippen molar-refractivity contribution in [2.45, 2.75) is 25.3 Å². The number of nitrogens with zero attached hydrogens (tertiary/aromatic N) is 1. The molecule has 1 heterocycles. The van der Waals surface area contributed by atoms with E-state index in [9.17, 15) is 0 Å². The van der Waals surface area contributed by atoms with Gasteiger partial charge in [-0.2, -0.15) is 0 Å². The van der Waals surface area contributed by atoms with Gasteiger partial charge in [-0.25, -0.2) is 0 Å². The number of aromatic nitrogens is 1. The van der Waals surface area contributed by atoms with Crippen molar-refractivity contribution >= 4 is 28.2 Å². The van der Waals surface area contributed by atoms with Crippen molar-refractivity contribution in [2.24, 2.45) is 0 Å². The van der Waals surface area contributed by atoms with Crippen LogP contribution in [0.2, 0.25) is 5.02 Å². The van der Waals surface area contributed by atoms with Gasteiger partial charge in [0.05, 0.1) is 16.2 Å². The first-order valence-electron chi connectivity index (χ1n) is 5.64. The Kier molecular flexibility index (Phi) is 2.44. The summed E-state index contributed by atoms with van der Waals surface area (Å²) in [5, 5.41) is 5.32. The molecule has 0 aliphatic heterocycles. The lowest BCUT2D eigenvalue weighted by molar-refractivity contribution is 0.446. The van der Waals surface area contributed by atoms with Gasteiger partial charge in [-0.05, 0) is 43.5 Å². The number of nitrogens with one attached hydrogen (secondary N) is 1. The van der Waals surface area contributed by atoms with Gasteiger partial charge in [0.15, 0.2) is 0 Å². The van der Waals surface area contributed by atoms with Crippen LogP contribution in [0.4, 0.5) is 5.69 Å². The topological polar surface area (TPSA) is 24.9 Å². The van der Waals surface area contributed by atoms with Gasteiger partial charge in [0.25, 0.3) is 0 Å². The largest absolute Gasteiger partial charge is 0.381 e. The van der Waals surface area contributed by atoms with Crippen LogP contribution in [0, 0.1) is 0 Å². The molecule has 16 heavy (non-hydrogen) atoms. The van der Waals surface area contributed by atoms with Crippen LogP contribution in [-0.4, -0.2) is 11.0 Å². The Morgan fingerprint density at radius 1 is 1.25 bits per heavy atom. The van der Waals surface area contributed by atoms with Crippen LogP contribution in [0.5, 0.6) is 0 Å². The molecule has 0 bridgehead atoms. The van der Waals surface area contributed by atoms with Gasteiger partial charge in [-0.1, -0.05) is 11.6 Å². The fourth-order valence-electron chi connectivity index (χ4n) is 2.03. The molecule has 1 fully saturated rings. The molecular formula is C13H13ClN2. The number of halogens is 1. The van der Waals surface area contributed by atoms with Gasteiger partial charge in [-0.15, -0.1) is 0 Å². The molecule has 1 aliphatic carbocycles. The quantitative estimate of drug-likeness (QED) is 0.851. The molecule has 0 radical (unpaired) electrons. The zero-order valence-electron chi connectivity index (χ0n) is 8.91. The Morgan fingerprint density at radius 3 is 2.88 bits per heavy atom. The van der Waals surface area contributed by atoms with Crippen molar-refractivity contribution in [3.63, 3.8) is 0 Å². The number of hydrogen-bond donors (Lipinski definition) is 1. The summed E-state index contributed by atoms with van der Waals surface area (Å²) in [4.78, 5) is 4.41. The SMILES string of the molecule is Clc1ccc(NC2CCC2)c2ncccc12. The fourth-order valence-corrected chi connectivity index (χ4v) is 2.24. The smallest absolute Gasteiger partial charge is 0.0948 e. The van der Waals surface area contributed by atoms with E-state index in [2.05, 4.69) is 10.3 Å². The second-order valence-electron chi connectivity index (χ2n) is 4.27. The molecule has 2 aromatic rings. The molecule has 0 atom stereocenters. The first kappa shape index (κ1) is 9.91. The number of fused-ring (bicyclic) bond motifs is 1. The van der Waals surface area contributed by atoms with E-state index in [0.717, 1.165) is 21.6 Å². The van der Waals surface area contributed by atoms with Crippen LogP contribution in [0.15, 0.2) is 30.5 Å². The fraction of sp³-hybridized carbons (Fsp3) is 0.308. The number of pyridine rings is 1. The average Bonchev–Trinajstić information content (AvgIpc) is 2.26.